The van der Waals surface area contributed by atoms with Crippen molar-refractivity contribution in [1.29, 1.82) is 5.41 Å². The number of aromatic nitrogens is 2. The van der Waals surface area contributed by atoms with Crippen molar-refractivity contribution < 1.29 is 0 Å². The van der Waals surface area contributed by atoms with Gasteiger partial charge in [-0.3, -0.25) is 5.41 Å². The molecule has 1 aromatic carbocycles. The van der Waals surface area contributed by atoms with Crippen LogP contribution in [0.1, 0.15) is 5.69 Å². The zero-order valence-corrected chi connectivity index (χ0v) is 10.7. The van der Waals surface area contributed by atoms with Crippen molar-refractivity contribution >= 4 is 22.6 Å². The van der Waals surface area contributed by atoms with Crippen LogP contribution >= 0.6 is 11.6 Å². The smallest absolute Gasteiger partial charge is 0.150 e. The normalized spacial score (nSPS) is 10.1. The van der Waals surface area contributed by atoms with E-state index >= 15 is 0 Å². The first-order valence-corrected chi connectivity index (χ1v) is 5.77. The molecule has 1 aromatic heterocycles. The molecule has 0 atom stereocenters. The fraction of sp³-hybridized carbons (Fsp3) is 0.0769. The predicted octanol–water partition coefficient (Wildman–Crippen LogP) is 3.21. The first kappa shape index (κ1) is 12.4. The first-order chi connectivity index (χ1) is 8.65. The van der Waals surface area contributed by atoms with Gasteiger partial charge in [0, 0.05) is 12.6 Å². The summed E-state index contributed by atoms with van der Waals surface area (Å²) in [6.45, 7) is 3.61. The van der Waals surface area contributed by atoms with Gasteiger partial charge in [-0.25, -0.2) is 4.98 Å². The molecule has 18 heavy (non-hydrogen) atoms. The van der Waals surface area contributed by atoms with Gasteiger partial charge < -0.3 is 9.88 Å². The molecule has 4 nitrogen and oxygen atoms in total. The minimum Gasteiger partial charge on any atom is -0.347 e. The lowest BCUT2D eigenvalue weighted by Crippen LogP contribution is -2.01. The summed E-state index contributed by atoms with van der Waals surface area (Å²) in [7, 11) is 1.87. The van der Waals surface area contributed by atoms with Gasteiger partial charge in [0.05, 0.1) is 0 Å². The second kappa shape index (κ2) is 5.06. The molecule has 2 N–H and O–H groups in total. The maximum atomic E-state index is 7.54. The highest BCUT2D eigenvalue weighted by molar-refractivity contribution is 6.68. The largest absolute Gasteiger partial charge is 0.347 e. The van der Waals surface area contributed by atoms with Crippen molar-refractivity contribution in [3.05, 3.63) is 48.8 Å². The third kappa shape index (κ3) is 2.15. The molecule has 0 fully saturated rings. The molecule has 0 saturated heterocycles. The van der Waals surface area contributed by atoms with Crippen molar-refractivity contribution in [3.63, 3.8) is 0 Å². The first-order valence-electron chi connectivity index (χ1n) is 5.39. The molecule has 1 heterocycles. The lowest BCUT2D eigenvalue weighted by molar-refractivity contribution is 0.932. The zero-order chi connectivity index (χ0) is 13.1. The SMILES string of the molecule is C=CNc1c(C(=N)Cl)nc(-c2ccccc2)n1C. The highest BCUT2D eigenvalue weighted by atomic mass is 35.5. The average Bonchev–Trinajstić information content (AvgIpc) is 2.69. The summed E-state index contributed by atoms with van der Waals surface area (Å²) in [5.41, 5.74) is 1.38. The van der Waals surface area contributed by atoms with Crippen LogP contribution in [0.25, 0.3) is 11.4 Å². The van der Waals surface area contributed by atoms with Gasteiger partial charge >= 0.3 is 0 Å². The second-order valence-corrected chi connectivity index (χ2v) is 4.10. The lowest BCUT2D eigenvalue weighted by atomic mass is 10.2. The topological polar surface area (TPSA) is 53.7 Å². The quantitative estimate of drug-likeness (QED) is 0.830. The predicted molar refractivity (Wildman–Crippen MR) is 75.1 cm³/mol. The number of hydrogen-bond donors (Lipinski definition) is 2. The van der Waals surface area contributed by atoms with Crippen LogP contribution in [-0.4, -0.2) is 14.7 Å². The number of nitrogens with one attached hydrogen (secondary N) is 2. The summed E-state index contributed by atoms with van der Waals surface area (Å²) < 4.78 is 1.85. The third-order valence-electron chi connectivity index (χ3n) is 2.57. The van der Waals surface area contributed by atoms with E-state index in [2.05, 4.69) is 16.9 Å². The van der Waals surface area contributed by atoms with E-state index in [0.29, 0.717) is 11.5 Å². The molecular weight excluding hydrogens is 248 g/mol. The Morgan fingerprint density at radius 1 is 1.44 bits per heavy atom. The zero-order valence-electron chi connectivity index (χ0n) is 9.94. The Hall–Kier alpha value is -2.07. The second-order valence-electron chi connectivity index (χ2n) is 3.72. The molecule has 0 aliphatic carbocycles. The molecule has 0 aliphatic heterocycles. The van der Waals surface area contributed by atoms with Gasteiger partial charge in [-0.15, -0.1) is 0 Å². The minimum atomic E-state index is -0.0999. The monoisotopic (exact) mass is 260 g/mol. The molecule has 5 heteroatoms. The summed E-state index contributed by atoms with van der Waals surface area (Å²) in [5.74, 6) is 1.41. The van der Waals surface area contributed by atoms with E-state index in [0.717, 1.165) is 11.4 Å². The molecule has 92 valence electrons. The molecule has 0 amide bonds. The highest BCUT2D eigenvalue weighted by Crippen LogP contribution is 2.25. The third-order valence-corrected chi connectivity index (χ3v) is 2.75. The summed E-state index contributed by atoms with van der Waals surface area (Å²) in [4.78, 5) is 4.39. The van der Waals surface area contributed by atoms with Crippen molar-refractivity contribution in [2.75, 3.05) is 5.32 Å². The van der Waals surface area contributed by atoms with E-state index in [1.165, 1.54) is 6.20 Å². The Balaban J connectivity index is 2.60. The van der Waals surface area contributed by atoms with Gasteiger partial charge in [-0.2, -0.15) is 0 Å². The van der Waals surface area contributed by atoms with Crippen LogP contribution in [-0.2, 0) is 7.05 Å². The number of benzene rings is 1. The van der Waals surface area contributed by atoms with Crippen LogP contribution in [0.15, 0.2) is 43.1 Å². The van der Waals surface area contributed by atoms with Gasteiger partial charge in [-0.05, 0) is 6.20 Å². The average molecular weight is 261 g/mol. The Morgan fingerprint density at radius 2 is 2.11 bits per heavy atom. The Bertz CT molecular complexity index is 587. The summed E-state index contributed by atoms with van der Waals surface area (Å²) in [6, 6.07) is 9.75. The van der Waals surface area contributed by atoms with Crippen LogP contribution in [0.5, 0.6) is 0 Å². The number of halogens is 1. The van der Waals surface area contributed by atoms with Crippen molar-refractivity contribution in [2.45, 2.75) is 0 Å². The molecule has 0 bridgehead atoms. The Morgan fingerprint density at radius 3 is 2.67 bits per heavy atom. The van der Waals surface area contributed by atoms with Crippen LogP contribution in [0.4, 0.5) is 5.82 Å². The Kier molecular flexibility index (Phi) is 3.48. The minimum absolute atomic E-state index is 0.0999. The van der Waals surface area contributed by atoms with Crippen molar-refractivity contribution in [2.24, 2.45) is 7.05 Å². The van der Waals surface area contributed by atoms with Crippen LogP contribution in [0.3, 0.4) is 0 Å². The molecule has 2 aromatic rings. The fourth-order valence-corrected chi connectivity index (χ4v) is 1.89. The number of imidazole rings is 1. The molecule has 2 rings (SSSR count). The number of hydrogen-bond acceptors (Lipinski definition) is 3. The summed E-state index contributed by atoms with van der Waals surface area (Å²) in [6.07, 6.45) is 1.54. The number of anilines is 1. The van der Waals surface area contributed by atoms with E-state index in [1.54, 1.807) is 0 Å². The molecular formula is C13H13ClN4. The van der Waals surface area contributed by atoms with Crippen LogP contribution in [0.2, 0.25) is 0 Å². The molecule has 0 saturated carbocycles. The molecule has 0 spiro atoms. The number of nitrogens with zero attached hydrogens (tertiary/aromatic N) is 2. The van der Waals surface area contributed by atoms with Crippen LogP contribution < -0.4 is 5.32 Å². The Labute approximate surface area is 110 Å². The van der Waals surface area contributed by atoms with Crippen LogP contribution in [0, 0.1) is 5.41 Å². The number of rotatable bonds is 4. The standard InChI is InChI=1S/C13H13ClN4/c1-3-16-13-10(11(14)15)17-12(18(13)2)9-7-5-4-6-8-9/h3-8,15-16H,1H2,2H3. The van der Waals surface area contributed by atoms with E-state index < -0.39 is 0 Å². The summed E-state index contributed by atoms with van der Waals surface area (Å²) in [5, 5.41) is 10.4. The van der Waals surface area contributed by atoms with Gasteiger partial charge in [0.15, 0.2) is 5.17 Å². The molecule has 0 radical (unpaired) electrons. The van der Waals surface area contributed by atoms with E-state index in [9.17, 15) is 0 Å². The van der Waals surface area contributed by atoms with Gasteiger partial charge in [0.25, 0.3) is 0 Å². The summed E-state index contributed by atoms with van der Waals surface area (Å²) >= 11 is 5.75. The van der Waals surface area contributed by atoms with Gasteiger partial charge in [0.1, 0.15) is 17.3 Å². The molecule has 0 aliphatic rings. The van der Waals surface area contributed by atoms with E-state index in [-0.39, 0.29) is 5.17 Å². The highest BCUT2D eigenvalue weighted by Gasteiger charge is 2.17. The van der Waals surface area contributed by atoms with Gasteiger partial charge in [0.2, 0.25) is 0 Å². The fourth-order valence-electron chi connectivity index (χ4n) is 1.76. The maximum Gasteiger partial charge on any atom is 0.150 e. The van der Waals surface area contributed by atoms with E-state index in [1.807, 2.05) is 41.9 Å². The maximum absolute atomic E-state index is 7.54. The van der Waals surface area contributed by atoms with Crippen molar-refractivity contribution in [1.82, 2.24) is 9.55 Å². The van der Waals surface area contributed by atoms with E-state index in [4.69, 9.17) is 17.0 Å². The molecule has 0 unspecified atom stereocenters. The lowest BCUT2D eigenvalue weighted by Gasteiger charge is -2.05. The van der Waals surface area contributed by atoms with Crippen molar-refractivity contribution in [3.8, 4) is 11.4 Å². The van der Waals surface area contributed by atoms with Gasteiger partial charge in [-0.1, -0.05) is 48.5 Å².